The lowest BCUT2D eigenvalue weighted by Crippen LogP contribution is -2.26. The van der Waals surface area contributed by atoms with Crippen LogP contribution in [-0.4, -0.2) is 32.0 Å². The third-order valence-corrected chi connectivity index (χ3v) is 3.45. The molecule has 9 heteroatoms. The lowest BCUT2D eigenvalue weighted by Gasteiger charge is -2.06. The van der Waals surface area contributed by atoms with E-state index in [1.807, 2.05) is 6.92 Å². The van der Waals surface area contributed by atoms with Gasteiger partial charge in [-0.1, -0.05) is 0 Å². The van der Waals surface area contributed by atoms with Crippen LogP contribution in [0.2, 0.25) is 0 Å². The van der Waals surface area contributed by atoms with Crippen LogP contribution in [0.4, 0.5) is 13.2 Å². The number of hydrogen-bond acceptors (Lipinski definition) is 3. The van der Waals surface area contributed by atoms with Crippen molar-refractivity contribution in [3.8, 4) is 0 Å². The van der Waals surface area contributed by atoms with E-state index in [9.17, 15) is 18.0 Å². The zero-order chi connectivity index (χ0) is 17.2. The molecular formula is C14H18F3N5O. The average Bonchev–Trinajstić information content (AvgIpc) is 2.98. The molecule has 0 spiro atoms. The molecule has 0 radical (unpaired) electrons. The van der Waals surface area contributed by atoms with E-state index in [0.717, 1.165) is 11.8 Å². The molecule has 0 aromatic carbocycles. The van der Waals surface area contributed by atoms with Gasteiger partial charge in [-0.15, -0.1) is 0 Å². The summed E-state index contributed by atoms with van der Waals surface area (Å²) in [6, 6.07) is 2.68. The van der Waals surface area contributed by atoms with Gasteiger partial charge in [-0.3, -0.25) is 14.2 Å². The van der Waals surface area contributed by atoms with Gasteiger partial charge in [0.05, 0.1) is 0 Å². The predicted molar refractivity (Wildman–Crippen MR) is 76.9 cm³/mol. The monoisotopic (exact) mass is 329 g/mol. The molecule has 6 nitrogen and oxygen atoms in total. The molecule has 23 heavy (non-hydrogen) atoms. The van der Waals surface area contributed by atoms with Crippen LogP contribution in [0.15, 0.2) is 12.1 Å². The summed E-state index contributed by atoms with van der Waals surface area (Å²) in [7, 11) is 1.74. The first-order valence-electron chi connectivity index (χ1n) is 7.09. The van der Waals surface area contributed by atoms with Gasteiger partial charge in [0.2, 0.25) is 0 Å². The predicted octanol–water partition coefficient (Wildman–Crippen LogP) is 2.07. The highest BCUT2D eigenvalue weighted by Gasteiger charge is 2.34. The molecular weight excluding hydrogens is 311 g/mol. The van der Waals surface area contributed by atoms with Crippen LogP contribution in [0, 0.1) is 13.8 Å². The van der Waals surface area contributed by atoms with Gasteiger partial charge >= 0.3 is 6.18 Å². The third-order valence-electron chi connectivity index (χ3n) is 3.45. The normalized spacial score (nSPS) is 11.7. The summed E-state index contributed by atoms with van der Waals surface area (Å²) in [5, 5.41) is 10.3. The smallest absolute Gasteiger partial charge is 0.351 e. The number of alkyl halides is 3. The molecule has 2 aromatic rings. The Morgan fingerprint density at radius 2 is 1.91 bits per heavy atom. The van der Waals surface area contributed by atoms with Gasteiger partial charge in [-0.25, -0.2) is 0 Å². The fraction of sp³-hybridized carbons (Fsp3) is 0.500. The van der Waals surface area contributed by atoms with E-state index in [4.69, 9.17) is 0 Å². The van der Waals surface area contributed by atoms with Crippen LogP contribution in [0.1, 0.15) is 34.0 Å². The summed E-state index contributed by atoms with van der Waals surface area (Å²) in [5.74, 6) is -0.304. The Labute approximate surface area is 131 Å². The number of halogens is 3. The zero-order valence-electron chi connectivity index (χ0n) is 13.1. The lowest BCUT2D eigenvalue weighted by molar-refractivity contribution is -0.141. The fourth-order valence-corrected chi connectivity index (χ4v) is 2.07. The van der Waals surface area contributed by atoms with Crippen molar-refractivity contribution in [2.75, 3.05) is 6.54 Å². The molecule has 0 aliphatic heterocycles. The van der Waals surface area contributed by atoms with Crippen LogP contribution < -0.4 is 5.32 Å². The van der Waals surface area contributed by atoms with Crippen molar-refractivity contribution in [3.05, 3.63) is 34.9 Å². The SMILES string of the molecule is Cc1cc(C(=O)NCCCn2nc(C(F)(F)F)cc2C)nn1C. The van der Waals surface area contributed by atoms with Crippen molar-refractivity contribution in [1.82, 2.24) is 24.9 Å². The molecule has 2 rings (SSSR count). The summed E-state index contributed by atoms with van der Waals surface area (Å²) in [6.45, 7) is 4.03. The molecule has 2 heterocycles. The first kappa shape index (κ1) is 17.0. The molecule has 2 aromatic heterocycles. The number of rotatable bonds is 5. The van der Waals surface area contributed by atoms with E-state index in [1.54, 1.807) is 24.7 Å². The highest BCUT2D eigenvalue weighted by Crippen LogP contribution is 2.28. The van der Waals surface area contributed by atoms with E-state index in [0.29, 0.717) is 30.9 Å². The largest absolute Gasteiger partial charge is 0.435 e. The van der Waals surface area contributed by atoms with Crippen molar-refractivity contribution in [2.45, 2.75) is 33.0 Å². The maximum atomic E-state index is 12.6. The van der Waals surface area contributed by atoms with Gasteiger partial charge in [0, 0.05) is 31.5 Å². The van der Waals surface area contributed by atoms with E-state index in [-0.39, 0.29) is 5.91 Å². The van der Waals surface area contributed by atoms with Crippen LogP contribution in [-0.2, 0) is 19.8 Å². The Hall–Kier alpha value is -2.32. The number of amides is 1. The molecule has 0 aliphatic carbocycles. The van der Waals surface area contributed by atoms with Crippen molar-refractivity contribution in [2.24, 2.45) is 7.05 Å². The van der Waals surface area contributed by atoms with Crippen LogP contribution in [0.3, 0.4) is 0 Å². The second kappa shape index (κ2) is 6.43. The first-order chi connectivity index (χ1) is 10.7. The van der Waals surface area contributed by atoms with E-state index in [2.05, 4.69) is 15.5 Å². The topological polar surface area (TPSA) is 64.7 Å². The lowest BCUT2D eigenvalue weighted by atomic mass is 10.3. The van der Waals surface area contributed by atoms with Gasteiger partial charge in [-0.2, -0.15) is 23.4 Å². The molecule has 1 N–H and O–H groups in total. The quantitative estimate of drug-likeness (QED) is 0.854. The van der Waals surface area contributed by atoms with Crippen LogP contribution >= 0.6 is 0 Å². The van der Waals surface area contributed by atoms with E-state index in [1.165, 1.54) is 4.68 Å². The number of aromatic nitrogens is 4. The highest BCUT2D eigenvalue weighted by atomic mass is 19.4. The molecule has 0 fully saturated rings. The first-order valence-corrected chi connectivity index (χ1v) is 7.09. The molecule has 0 saturated heterocycles. The van der Waals surface area contributed by atoms with Crippen molar-refractivity contribution in [1.29, 1.82) is 0 Å². The number of carbonyl (C=O) groups excluding carboxylic acids is 1. The van der Waals surface area contributed by atoms with Gasteiger partial charge in [-0.05, 0) is 32.4 Å². The zero-order valence-corrected chi connectivity index (χ0v) is 13.1. The number of hydrogen-bond donors (Lipinski definition) is 1. The number of nitrogens with one attached hydrogen (secondary N) is 1. The van der Waals surface area contributed by atoms with Crippen LogP contribution in [0.25, 0.3) is 0 Å². The summed E-state index contributed by atoms with van der Waals surface area (Å²) in [4.78, 5) is 11.9. The summed E-state index contributed by atoms with van der Waals surface area (Å²) in [6.07, 6.45) is -3.97. The highest BCUT2D eigenvalue weighted by molar-refractivity contribution is 5.92. The van der Waals surface area contributed by atoms with E-state index >= 15 is 0 Å². The standard InChI is InChI=1S/C14H18F3N5O/c1-9-7-11(19-21(9)3)13(23)18-5-4-6-22-10(2)8-12(20-22)14(15,16)17/h7-8H,4-6H2,1-3H3,(H,18,23). The third kappa shape index (κ3) is 4.11. The second-order valence-corrected chi connectivity index (χ2v) is 5.30. The molecule has 0 bridgehead atoms. The maximum Gasteiger partial charge on any atom is 0.435 e. The number of aryl methyl sites for hydroxylation is 4. The van der Waals surface area contributed by atoms with Crippen LogP contribution in [0.5, 0.6) is 0 Å². The Morgan fingerprint density at radius 1 is 1.22 bits per heavy atom. The number of nitrogens with zero attached hydrogens (tertiary/aromatic N) is 4. The van der Waals surface area contributed by atoms with E-state index < -0.39 is 11.9 Å². The van der Waals surface area contributed by atoms with Crippen molar-refractivity contribution in [3.63, 3.8) is 0 Å². The Morgan fingerprint density at radius 3 is 2.43 bits per heavy atom. The Bertz CT molecular complexity index is 682. The number of carbonyl (C=O) groups is 1. The molecule has 0 unspecified atom stereocenters. The second-order valence-electron chi connectivity index (χ2n) is 5.30. The minimum Gasteiger partial charge on any atom is -0.351 e. The molecule has 0 saturated carbocycles. The fourth-order valence-electron chi connectivity index (χ4n) is 2.07. The van der Waals surface area contributed by atoms with Gasteiger partial charge in [0.15, 0.2) is 5.69 Å². The summed E-state index contributed by atoms with van der Waals surface area (Å²) in [5.41, 5.74) is 0.716. The Kier molecular flexibility index (Phi) is 4.76. The molecule has 1 amide bonds. The van der Waals surface area contributed by atoms with Crippen molar-refractivity contribution >= 4 is 5.91 Å². The van der Waals surface area contributed by atoms with Gasteiger partial charge in [0.1, 0.15) is 5.69 Å². The summed E-state index contributed by atoms with van der Waals surface area (Å²) >= 11 is 0. The minimum atomic E-state index is -4.44. The maximum absolute atomic E-state index is 12.6. The summed E-state index contributed by atoms with van der Waals surface area (Å²) < 4.78 is 40.6. The molecule has 0 aliphatic rings. The van der Waals surface area contributed by atoms with Crippen molar-refractivity contribution < 1.29 is 18.0 Å². The van der Waals surface area contributed by atoms with Gasteiger partial charge in [0.25, 0.3) is 5.91 Å². The van der Waals surface area contributed by atoms with Gasteiger partial charge < -0.3 is 5.32 Å². The Balaban J connectivity index is 1.84. The minimum absolute atomic E-state index is 0.295. The molecule has 0 atom stereocenters. The molecule has 126 valence electrons. The average molecular weight is 329 g/mol.